The molecule has 1 aromatic heterocycles. The first-order chi connectivity index (χ1) is 12.8. The van der Waals surface area contributed by atoms with Crippen molar-refractivity contribution in [3.63, 3.8) is 0 Å². The molecule has 1 aliphatic heterocycles. The van der Waals surface area contributed by atoms with Crippen LogP contribution in [0.15, 0.2) is 54.6 Å². The van der Waals surface area contributed by atoms with E-state index in [4.69, 9.17) is 4.74 Å². The van der Waals surface area contributed by atoms with Gasteiger partial charge in [0.15, 0.2) is 0 Å². The summed E-state index contributed by atoms with van der Waals surface area (Å²) in [6.07, 6.45) is 0. The molecule has 26 heavy (non-hydrogen) atoms. The molecular formula is C19H22N6O. The fourth-order valence-corrected chi connectivity index (χ4v) is 3.24. The van der Waals surface area contributed by atoms with Gasteiger partial charge in [-0.2, -0.15) is 4.68 Å². The zero-order chi connectivity index (χ0) is 17.8. The van der Waals surface area contributed by atoms with E-state index >= 15 is 0 Å². The van der Waals surface area contributed by atoms with E-state index in [0.29, 0.717) is 5.95 Å². The molecule has 0 spiro atoms. The van der Waals surface area contributed by atoms with Crippen molar-refractivity contribution in [3.05, 3.63) is 60.2 Å². The van der Waals surface area contributed by atoms with Crippen LogP contribution in [0.1, 0.15) is 5.56 Å². The number of para-hydroxylation sites is 2. The summed E-state index contributed by atoms with van der Waals surface area (Å²) in [5, 5.41) is 12.2. The summed E-state index contributed by atoms with van der Waals surface area (Å²) in [6, 6.07) is 18.4. The molecule has 0 amide bonds. The van der Waals surface area contributed by atoms with Crippen LogP contribution in [0, 0.1) is 0 Å². The summed E-state index contributed by atoms with van der Waals surface area (Å²) >= 11 is 0. The Bertz CT molecular complexity index is 844. The maximum Gasteiger partial charge on any atom is 0.250 e. The van der Waals surface area contributed by atoms with Gasteiger partial charge in [0.1, 0.15) is 0 Å². The van der Waals surface area contributed by atoms with Crippen molar-refractivity contribution in [2.45, 2.75) is 6.54 Å². The quantitative estimate of drug-likeness (QED) is 0.703. The number of rotatable bonds is 5. The van der Waals surface area contributed by atoms with Crippen LogP contribution >= 0.6 is 0 Å². The van der Waals surface area contributed by atoms with Gasteiger partial charge in [-0.15, -0.1) is 0 Å². The Morgan fingerprint density at radius 3 is 2.54 bits per heavy atom. The van der Waals surface area contributed by atoms with E-state index in [1.807, 2.05) is 37.4 Å². The molecule has 2 aromatic carbocycles. The van der Waals surface area contributed by atoms with E-state index in [1.54, 1.807) is 4.68 Å². The first-order valence-corrected chi connectivity index (χ1v) is 8.78. The molecule has 0 atom stereocenters. The molecule has 0 unspecified atom stereocenters. The summed E-state index contributed by atoms with van der Waals surface area (Å²) in [4.78, 5) is 4.46. The van der Waals surface area contributed by atoms with Gasteiger partial charge in [-0.3, -0.25) is 0 Å². The second-order valence-corrected chi connectivity index (χ2v) is 6.31. The Labute approximate surface area is 152 Å². The maximum absolute atomic E-state index is 5.48. The van der Waals surface area contributed by atoms with E-state index in [0.717, 1.165) is 38.5 Å². The van der Waals surface area contributed by atoms with Crippen LogP contribution in [-0.2, 0) is 11.3 Å². The molecule has 3 aromatic rings. The van der Waals surface area contributed by atoms with Crippen LogP contribution in [0.2, 0.25) is 0 Å². The van der Waals surface area contributed by atoms with Crippen molar-refractivity contribution in [3.8, 4) is 5.69 Å². The predicted molar refractivity (Wildman–Crippen MR) is 101 cm³/mol. The standard InChI is InChI=1S/C19H22N6O/c1-23(19-20-21-22-25(19)17-8-3-2-4-9-17)15-16-7-5-6-10-18(16)24-11-13-26-14-12-24/h2-10H,11-15H2,1H3. The van der Waals surface area contributed by atoms with Gasteiger partial charge in [-0.1, -0.05) is 41.5 Å². The van der Waals surface area contributed by atoms with Gasteiger partial charge in [0.05, 0.1) is 18.9 Å². The van der Waals surface area contributed by atoms with E-state index in [2.05, 4.69) is 49.6 Å². The number of morpholine rings is 1. The molecule has 2 heterocycles. The number of anilines is 2. The van der Waals surface area contributed by atoms with Crippen LogP contribution in [0.4, 0.5) is 11.6 Å². The Morgan fingerprint density at radius 1 is 1.00 bits per heavy atom. The molecule has 1 fully saturated rings. The molecule has 0 bridgehead atoms. The van der Waals surface area contributed by atoms with E-state index < -0.39 is 0 Å². The topological polar surface area (TPSA) is 59.3 Å². The Hall–Kier alpha value is -2.93. The van der Waals surface area contributed by atoms with Gasteiger partial charge in [0, 0.05) is 32.4 Å². The van der Waals surface area contributed by atoms with Crippen molar-refractivity contribution >= 4 is 11.6 Å². The largest absolute Gasteiger partial charge is 0.378 e. The average Bonchev–Trinajstić information content (AvgIpc) is 3.20. The number of hydrogen-bond acceptors (Lipinski definition) is 6. The van der Waals surface area contributed by atoms with Crippen molar-refractivity contribution in [1.82, 2.24) is 20.2 Å². The van der Waals surface area contributed by atoms with E-state index in [9.17, 15) is 0 Å². The zero-order valence-corrected chi connectivity index (χ0v) is 14.8. The molecule has 7 heteroatoms. The Kier molecular flexibility index (Phi) is 4.79. The van der Waals surface area contributed by atoms with Gasteiger partial charge in [-0.25, -0.2) is 0 Å². The van der Waals surface area contributed by atoms with Crippen molar-refractivity contribution in [2.24, 2.45) is 0 Å². The van der Waals surface area contributed by atoms with Gasteiger partial charge in [0.2, 0.25) is 5.95 Å². The molecule has 1 saturated heterocycles. The predicted octanol–water partition coefficient (Wildman–Crippen LogP) is 2.14. The third-order valence-electron chi connectivity index (χ3n) is 4.55. The normalized spacial score (nSPS) is 14.4. The lowest BCUT2D eigenvalue weighted by Gasteiger charge is -2.31. The highest BCUT2D eigenvalue weighted by molar-refractivity contribution is 5.55. The lowest BCUT2D eigenvalue weighted by Crippen LogP contribution is -2.37. The van der Waals surface area contributed by atoms with Crippen LogP contribution in [-0.4, -0.2) is 53.6 Å². The lowest BCUT2D eigenvalue weighted by atomic mass is 10.1. The summed E-state index contributed by atoms with van der Waals surface area (Å²) in [6.45, 7) is 4.11. The van der Waals surface area contributed by atoms with Gasteiger partial charge >= 0.3 is 0 Å². The number of ether oxygens (including phenoxy) is 1. The number of aromatic nitrogens is 4. The highest BCUT2D eigenvalue weighted by Gasteiger charge is 2.18. The molecule has 0 aliphatic carbocycles. The number of hydrogen-bond donors (Lipinski definition) is 0. The van der Waals surface area contributed by atoms with Crippen molar-refractivity contribution in [1.29, 1.82) is 0 Å². The SMILES string of the molecule is CN(Cc1ccccc1N1CCOCC1)c1nnnn1-c1ccccc1. The molecule has 0 N–H and O–H groups in total. The molecule has 7 nitrogen and oxygen atoms in total. The summed E-state index contributed by atoms with van der Waals surface area (Å²) < 4.78 is 7.25. The zero-order valence-electron chi connectivity index (χ0n) is 14.8. The third kappa shape index (κ3) is 3.39. The second kappa shape index (κ2) is 7.53. The summed E-state index contributed by atoms with van der Waals surface area (Å²) in [7, 11) is 2.02. The first-order valence-electron chi connectivity index (χ1n) is 8.78. The molecule has 1 aliphatic rings. The van der Waals surface area contributed by atoms with Crippen molar-refractivity contribution in [2.75, 3.05) is 43.2 Å². The molecule has 0 saturated carbocycles. The average molecular weight is 350 g/mol. The number of nitrogens with zero attached hydrogens (tertiary/aromatic N) is 6. The number of tetrazole rings is 1. The maximum atomic E-state index is 5.48. The highest BCUT2D eigenvalue weighted by atomic mass is 16.5. The molecule has 0 radical (unpaired) electrons. The highest BCUT2D eigenvalue weighted by Crippen LogP contribution is 2.24. The van der Waals surface area contributed by atoms with Crippen LogP contribution in [0.3, 0.4) is 0 Å². The second-order valence-electron chi connectivity index (χ2n) is 6.31. The fourth-order valence-electron chi connectivity index (χ4n) is 3.24. The van der Waals surface area contributed by atoms with Crippen LogP contribution in [0.25, 0.3) is 5.69 Å². The van der Waals surface area contributed by atoms with Gasteiger partial charge in [-0.05, 0) is 34.2 Å². The minimum Gasteiger partial charge on any atom is -0.378 e. The summed E-state index contributed by atoms with van der Waals surface area (Å²) in [5.74, 6) is 0.716. The van der Waals surface area contributed by atoms with Crippen molar-refractivity contribution < 1.29 is 4.74 Å². The van der Waals surface area contributed by atoms with Gasteiger partial charge < -0.3 is 14.5 Å². The Morgan fingerprint density at radius 2 is 1.73 bits per heavy atom. The van der Waals surface area contributed by atoms with E-state index in [1.165, 1.54) is 11.3 Å². The molecular weight excluding hydrogens is 328 g/mol. The van der Waals surface area contributed by atoms with Gasteiger partial charge in [0.25, 0.3) is 0 Å². The molecule has 134 valence electrons. The Balaban J connectivity index is 1.58. The monoisotopic (exact) mass is 350 g/mol. The fraction of sp³-hybridized carbons (Fsp3) is 0.316. The third-order valence-corrected chi connectivity index (χ3v) is 4.55. The lowest BCUT2D eigenvalue weighted by molar-refractivity contribution is 0.122. The summed E-state index contributed by atoms with van der Waals surface area (Å²) in [5.41, 5.74) is 3.45. The first kappa shape index (κ1) is 16.5. The van der Waals surface area contributed by atoms with Crippen LogP contribution in [0.5, 0.6) is 0 Å². The molecule has 4 rings (SSSR count). The minimum absolute atomic E-state index is 0.716. The smallest absolute Gasteiger partial charge is 0.250 e. The van der Waals surface area contributed by atoms with E-state index in [-0.39, 0.29) is 0 Å². The number of benzene rings is 2. The van der Waals surface area contributed by atoms with Crippen LogP contribution < -0.4 is 9.80 Å². The minimum atomic E-state index is 0.716.